The first kappa shape index (κ1) is 25.5. The lowest BCUT2D eigenvalue weighted by molar-refractivity contribution is -0.119. The minimum atomic E-state index is -3.93. The summed E-state index contributed by atoms with van der Waals surface area (Å²) < 4.78 is 33.7. The zero-order chi connectivity index (χ0) is 24.6. The van der Waals surface area contributed by atoms with Crippen molar-refractivity contribution in [2.24, 2.45) is 0 Å². The van der Waals surface area contributed by atoms with Crippen molar-refractivity contribution in [3.8, 4) is 0 Å². The molecule has 0 bridgehead atoms. The standard InChI is InChI=1S/C27H32N2O4S/c1-21(2)24-11-13-25(14-12-24)29(34(31,32)26-15-9-22(3)10-16-26)19-27(30)28-17-18-33-20-23-7-5-4-6-8-23/h4-16,21H,17-20H2,1-3H3,(H,28,30). The lowest BCUT2D eigenvalue weighted by Gasteiger charge is -2.24. The Morgan fingerprint density at radius 3 is 2.21 bits per heavy atom. The van der Waals surface area contributed by atoms with Gasteiger partial charge in [0.05, 0.1) is 23.8 Å². The van der Waals surface area contributed by atoms with E-state index in [0.29, 0.717) is 24.8 Å². The van der Waals surface area contributed by atoms with Crippen LogP contribution in [0.3, 0.4) is 0 Å². The molecule has 7 heteroatoms. The van der Waals surface area contributed by atoms with Crippen molar-refractivity contribution >= 4 is 21.6 Å². The molecule has 0 heterocycles. The number of carbonyl (C=O) groups excluding carboxylic acids is 1. The highest BCUT2D eigenvalue weighted by atomic mass is 32.2. The molecule has 180 valence electrons. The average molecular weight is 481 g/mol. The Hall–Kier alpha value is -3.16. The summed E-state index contributed by atoms with van der Waals surface area (Å²) >= 11 is 0. The molecule has 0 saturated heterocycles. The Labute approximate surface area is 202 Å². The van der Waals surface area contributed by atoms with E-state index in [1.54, 1.807) is 36.4 Å². The summed E-state index contributed by atoms with van der Waals surface area (Å²) in [5.41, 5.74) is 3.55. The topological polar surface area (TPSA) is 75.7 Å². The van der Waals surface area contributed by atoms with Gasteiger partial charge in [-0.1, -0.05) is 74.0 Å². The van der Waals surface area contributed by atoms with Crippen LogP contribution in [0.5, 0.6) is 0 Å². The van der Waals surface area contributed by atoms with Crippen LogP contribution < -0.4 is 9.62 Å². The Balaban J connectivity index is 1.69. The third-order valence-electron chi connectivity index (χ3n) is 5.42. The van der Waals surface area contributed by atoms with Gasteiger partial charge < -0.3 is 10.1 Å². The van der Waals surface area contributed by atoms with E-state index < -0.39 is 15.9 Å². The molecular weight excluding hydrogens is 448 g/mol. The molecule has 6 nitrogen and oxygen atoms in total. The molecule has 0 saturated carbocycles. The van der Waals surface area contributed by atoms with Gasteiger partial charge in [0.15, 0.2) is 0 Å². The molecule has 0 fully saturated rings. The van der Waals surface area contributed by atoms with E-state index in [1.807, 2.05) is 49.4 Å². The quantitative estimate of drug-likeness (QED) is 0.406. The zero-order valence-electron chi connectivity index (χ0n) is 19.9. The summed E-state index contributed by atoms with van der Waals surface area (Å²) in [6.07, 6.45) is 0. The van der Waals surface area contributed by atoms with Crippen LogP contribution in [-0.2, 0) is 26.2 Å². The highest BCUT2D eigenvalue weighted by Crippen LogP contribution is 2.26. The molecule has 0 aromatic heterocycles. The van der Waals surface area contributed by atoms with Crippen LogP contribution in [-0.4, -0.2) is 34.0 Å². The van der Waals surface area contributed by atoms with Crippen LogP contribution >= 0.6 is 0 Å². The largest absolute Gasteiger partial charge is 0.375 e. The normalized spacial score (nSPS) is 11.4. The van der Waals surface area contributed by atoms with Gasteiger partial charge in [-0.25, -0.2) is 8.42 Å². The Morgan fingerprint density at radius 2 is 1.59 bits per heavy atom. The number of rotatable bonds is 11. The summed E-state index contributed by atoms with van der Waals surface area (Å²) in [4.78, 5) is 12.8. The fourth-order valence-electron chi connectivity index (χ4n) is 3.39. The number of nitrogens with one attached hydrogen (secondary N) is 1. The molecule has 3 aromatic carbocycles. The number of hydrogen-bond donors (Lipinski definition) is 1. The number of ether oxygens (including phenoxy) is 1. The van der Waals surface area contributed by atoms with Crippen molar-refractivity contribution in [1.82, 2.24) is 5.32 Å². The van der Waals surface area contributed by atoms with E-state index in [-0.39, 0.29) is 18.0 Å². The van der Waals surface area contributed by atoms with Crippen molar-refractivity contribution in [2.45, 2.75) is 38.2 Å². The molecule has 1 N–H and O–H groups in total. The van der Waals surface area contributed by atoms with Crippen LogP contribution in [0.1, 0.15) is 36.5 Å². The number of hydrogen-bond acceptors (Lipinski definition) is 4. The van der Waals surface area contributed by atoms with E-state index in [2.05, 4.69) is 19.2 Å². The smallest absolute Gasteiger partial charge is 0.264 e. The van der Waals surface area contributed by atoms with E-state index in [1.165, 1.54) is 0 Å². The van der Waals surface area contributed by atoms with E-state index >= 15 is 0 Å². The maximum Gasteiger partial charge on any atom is 0.264 e. The minimum Gasteiger partial charge on any atom is -0.375 e. The van der Waals surface area contributed by atoms with E-state index in [0.717, 1.165) is 21.0 Å². The van der Waals surface area contributed by atoms with Gasteiger partial charge in [-0.2, -0.15) is 0 Å². The molecule has 0 unspecified atom stereocenters. The number of aryl methyl sites for hydroxylation is 1. The molecular formula is C27H32N2O4S. The highest BCUT2D eigenvalue weighted by molar-refractivity contribution is 7.92. The first-order valence-electron chi connectivity index (χ1n) is 11.3. The average Bonchev–Trinajstić information content (AvgIpc) is 2.83. The number of anilines is 1. The fourth-order valence-corrected chi connectivity index (χ4v) is 4.81. The number of nitrogens with zero attached hydrogens (tertiary/aromatic N) is 1. The third-order valence-corrected chi connectivity index (χ3v) is 7.21. The number of carbonyl (C=O) groups is 1. The molecule has 3 rings (SSSR count). The van der Waals surface area contributed by atoms with Crippen molar-refractivity contribution in [3.05, 3.63) is 95.6 Å². The predicted molar refractivity (Wildman–Crippen MR) is 135 cm³/mol. The van der Waals surface area contributed by atoms with Crippen LogP contribution in [0.4, 0.5) is 5.69 Å². The molecule has 1 amide bonds. The maximum atomic E-state index is 13.5. The second-order valence-corrected chi connectivity index (χ2v) is 10.3. The van der Waals surface area contributed by atoms with Crippen LogP contribution in [0.15, 0.2) is 83.8 Å². The summed E-state index contributed by atoms with van der Waals surface area (Å²) in [6.45, 7) is 6.78. The first-order chi connectivity index (χ1) is 16.3. The minimum absolute atomic E-state index is 0.144. The molecule has 0 aliphatic rings. The van der Waals surface area contributed by atoms with Gasteiger partial charge in [-0.3, -0.25) is 9.10 Å². The molecule has 0 atom stereocenters. The monoisotopic (exact) mass is 480 g/mol. The molecule has 0 aliphatic carbocycles. The van der Waals surface area contributed by atoms with Gasteiger partial charge in [-0.05, 0) is 48.2 Å². The van der Waals surface area contributed by atoms with Crippen LogP contribution in [0, 0.1) is 6.92 Å². The SMILES string of the molecule is Cc1ccc(S(=O)(=O)N(CC(=O)NCCOCc2ccccc2)c2ccc(C(C)C)cc2)cc1. The van der Waals surface area contributed by atoms with Crippen molar-refractivity contribution in [1.29, 1.82) is 0 Å². The molecule has 34 heavy (non-hydrogen) atoms. The second-order valence-electron chi connectivity index (χ2n) is 8.46. The Kier molecular flexibility index (Phi) is 8.85. The van der Waals surface area contributed by atoms with Gasteiger partial charge in [0, 0.05) is 6.54 Å². The van der Waals surface area contributed by atoms with Gasteiger partial charge in [0.2, 0.25) is 5.91 Å². The first-order valence-corrected chi connectivity index (χ1v) is 12.8. The zero-order valence-corrected chi connectivity index (χ0v) is 20.7. The van der Waals surface area contributed by atoms with E-state index in [4.69, 9.17) is 4.74 Å². The second kappa shape index (κ2) is 11.8. The summed E-state index contributed by atoms with van der Waals surface area (Å²) in [5, 5.41) is 2.76. The van der Waals surface area contributed by atoms with Crippen molar-refractivity contribution in [2.75, 3.05) is 24.0 Å². The maximum absolute atomic E-state index is 13.5. The summed E-state index contributed by atoms with van der Waals surface area (Å²) in [6, 6.07) is 23.7. The third kappa shape index (κ3) is 6.92. The molecule has 0 radical (unpaired) electrons. The summed E-state index contributed by atoms with van der Waals surface area (Å²) in [7, 11) is -3.93. The van der Waals surface area contributed by atoms with E-state index in [9.17, 15) is 13.2 Å². The molecule has 0 aliphatic heterocycles. The molecule has 3 aromatic rings. The summed E-state index contributed by atoms with van der Waals surface area (Å²) in [5.74, 6) is -0.0812. The van der Waals surface area contributed by atoms with Crippen molar-refractivity contribution in [3.63, 3.8) is 0 Å². The van der Waals surface area contributed by atoms with Crippen molar-refractivity contribution < 1.29 is 17.9 Å². The number of amides is 1. The van der Waals surface area contributed by atoms with Gasteiger partial charge in [0.25, 0.3) is 10.0 Å². The lowest BCUT2D eigenvalue weighted by Crippen LogP contribution is -2.41. The van der Waals surface area contributed by atoms with Crippen LogP contribution in [0.25, 0.3) is 0 Å². The van der Waals surface area contributed by atoms with Gasteiger partial charge in [-0.15, -0.1) is 0 Å². The number of sulfonamides is 1. The van der Waals surface area contributed by atoms with Gasteiger partial charge >= 0.3 is 0 Å². The predicted octanol–water partition coefficient (Wildman–Crippen LogP) is 4.65. The van der Waals surface area contributed by atoms with Crippen LogP contribution in [0.2, 0.25) is 0 Å². The lowest BCUT2D eigenvalue weighted by atomic mass is 10.0. The highest BCUT2D eigenvalue weighted by Gasteiger charge is 2.27. The Bertz CT molecular complexity index is 1160. The fraction of sp³-hybridized carbons (Fsp3) is 0.296. The van der Waals surface area contributed by atoms with Gasteiger partial charge in [0.1, 0.15) is 6.54 Å². The number of benzene rings is 3. The molecule has 0 spiro atoms. The Morgan fingerprint density at radius 1 is 0.941 bits per heavy atom.